The number of benzene rings is 2. The molecule has 2 amide bonds. The number of phenols is 1. The minimum atomic E-state index is -1.19. The van der Waals surface area contributed by atoms with Gasteiger partial charge in [-0.25, -0.2) is 0 Å². The minimum absolute atomic E-state index is 0.0724. The van der Waals surface area contributed by atoms with Crippen molar-refractivity contribution in [1.29, 1.82) is 0 Å². The van der Waals surface area contributed by atoms with Crippen molar-refractivity contribution in [3.63, 3.8) is 0 Å². The van der Waals surface area contributed by atoms with E-state index < -0.39 is 35.9 Å². The molecule has 0 saturated carbocycles. The molecule has 2 aromatic rings. The minimum Gasteiger partial charge on any atom is -0.508 e. The smallest absolute Gasteiger partial charge is 0.325 e. The summed E-state index contributed by atoms with van der Waals surface area (Å²) in [6.07, 6.45) is 0.411. The topological polar surface area (TPSA) is 142 Å². The van der Waals surface area contributed by atoms with E-state index in [-0.39, 0.29) is 12.2 Å². The fraction of sp³-hybridized carbons (Fsp3) is 0.286. The number of nitrogens with one attached hydrogen (secondary N) is 2. The first kappa shape index (κ1) is 21.9. The van der Waals surface area contributed by atoms with Crippen LogP contribution in [0.4, 0.5) is 0 Å². The second kappa shape index (κ2) is 10.2. The maximum absolute atomic E-state index is 12.6. The number of hydrogen-bond donors (Lipinski definition) is 5. The Morgan fingerprint density at radius 2 is 1.48 bits per heavy atom. The Labute approximate surface area is 168 Å². The molecule has 0 aliphatic rings. The van der Waals surface area contributed by atoms with Gasteiger partial charge < -0.3 is 26.6 Å². The van der Waals surface area contributed by atoms with Crippen LogP contribution in [-0.2, 0) is 27.2 Å². The predicted molar refractivity (Wildman–Crippen MR) is 107 cm³/mol. The number of carbonyl (C=O) groups is 3. The molecule has 0 bridgehead atoms. The van der Waals surface area contributed by atoms with Crippen LogP contribution in [0.1, 0.15) is 18.1 Å². The van der Waals surface area contributed by atoms with E-state index in [0.29, 0.717) is 12.0 Å². The summed E-state index contributed by atoms with van der Waals surface area (Å²) in [7, 11) is 0. The number of carbonyl (C=O) groups excluding carboxylic acids is 2. The second-order valence-electron chi connectivity index (χ2n) is 6.80. The van der Waals surface area contributed by atoms with Gasteiger partial charge in [-0.3, -0.25) is 14.4 Å². The van der Waals surface area contributed by atoms with Gasteiger partial charge in [-0.2, -0.15) is 0 Å². The van der Waals surface area contributed by atoms with E-state index in [2.05, 4.69) is 10.6 Å². The third-order valence-electron chi connectivity index (χ3n) is 4.37. The number of carboxylic acids is 1. The van der Waals surface area contributed by atoms with E-state index in [9.17, 15) is 19.5 Å². The zero-order chi connectivity index (χ0) is 21.4. The monoisotopic (exact) mass is 399 g/mol. The molecule has 0 aromatic heterocycles. The number of aliphatic carboxylic acids is 1. The summed E-state index contributed by atoms with van der Waals surface area (Å²) in [5.41, 5.74) is 7.56. The number of nitrogens with two attached hydrogens (primary N) is 1. The van der Waals surface area contributed by atoms with Gasteiger partial charge in [0.25, 0.3) is 0 Å². The molecule has 0 radical (unpaired) electrons. The van der Waals surface area contributed by atoms with E-state index >= 15 is 0 Å². The molecule has 0 aliphatic carbocycles. The first-order chi connectivity index (χ1) is 13.8. The van der Waals surface area contributed by atoms with Crippen molar-refractivity contribution in [3.05, 3.63) is 65.7 Å². The fourth-order valence-corrected chi connectivity index (χ4v) is 2.69. The van der Waals surface area contributed by atoms with Crippen LogP contribution in [0.25, 0.3) is 0 Å². The van der Waals surface area contributed by atoms with Crippen molar-refractivity contribution in [2.45, 2.75) is 37.9 Å². The SMILES string of the molecule is C[C@H](NC(=O)[C@H](Cc1ccc(O)cc1)NC(=O)[C@@H](N)Cc1ccccc1)C(=O)O. The van der Waals surface area contributed by atoms with Gasteiger partial charge in [-0.1, -0.05) is 42.5 Å². The van der Waals surface area contributed by atoms with E-state index in [1.54, 1.807) is 12.1 Å². The molecule has 8 nitrogen and oxygen atoms in total. The van der Waals surface area contributed by atoms with E-state index in [1.807, 2.05) is 30.3 Å². The van der Waals surface area contributed by atoms with Crippen molar-refractivity contribution in [3.8, 4) is 5.75 Å². The van der Waals surface area contributed by atoms with E-state index in [1.165, 1.54) is 19.1 Å². The van der Waals surface area contributed by atoms with Crippen LogP contribution < -0.4 is 16.4 Å². The Hall–Kier alpha value is -3.39. The number of phenolic OH excluding ortho intramolecular Hbond substituents is 1. The molecule has 2 rings (SSSR count). The van der Waals surface area contributed by atoms with Crippen molar-refractivity contribution in [2.24, 2.45) is 5.73 Å². The summed E-state index contributed by atoms with van der Waals surface area (Å²) in [6.45, 7) is 1.33. The van der Waals surface area contributed by atoms with Crippen LogP contribution in [0.3, 0.4) is 0 Å². The number of hydrogen-bond acceptors (Lipinski definition) is 5. The van der Waals surface area contributed by atoms with Gasteiger partial charge in [0.15, 0.2) is 0 Å². The van der Waals surface area contributed by atoms with Crippen molar-refractivity contribution in [2.75, 3.05) is 0 Å². The molecule has 29 heavy (non-hydrogen) atoms. The maximum atomic E-state index is 12.6. The summed E-state index contributed by atoms with van der Waals surface area (Å²) in [5, 5.41) is 23.4. The van der Waals surface area contributed by atoms with Gasteiger partial charge in [0.2, 0.25) is 11.8 Å². The number of rotatable bonds is 9. The molecule has 0 heterocycles. The Morgan fingerprint density at radius 1 is 0.897 bits per heavy atom. The second-order valence-corrected chi connectivity index (χ2v) is 6.80. The third kappa shape index (κ3) is 6.93. The van der Waals surface area contributed by atoms with Gasteiger partial charge in [0.05, 0.1) is 6.04 Å². The summed E-state index contributed by atoms with van der Waals surface area (Å²) in [6, 6.07) is 12.4. The zero-order valence-electron chi connectivity index (χ0n) is 16.0. The van der Waals surface area contributed by atoms with Gasteiger partial charge in [0.1, 0.15) is 17.8 Å². The number of carboxylic acid groups (broad SMARTS) is 1. The van der Waals surface area contributed by atoms with Gasteiger partial charge in [0, 0.05) is 6.42 Å². The molecule has 6 N–H and O–H groups in total. The summed E-state index contributed by atoms with van der Waals surface area (Å²) >= 11 is 0. The molecule has 0 spiro atoms. The number of aromatic hydroxyl groups is 1. The quantitative estimate of drug-likeness (QED) is 0.418. The average Bonchev–Trinajstić information content (AvgIpc) is 2.69. The van der Waals surface area contributed by atoms with Crippen LogP contribution in [0.5, 0.6) is 5.75 Å². The Balaban J connectivity index is 2.10. The van der Waals surface area contributed by atoms with Crippen LogP contribution in [0.15, 0.2) is 54.6 Å². The highest BCUT2D eigenvalue weighted by atomic mass is 16.4. The molecule has 0 fully saturated rings. The molecule has 2 aromatic carbocycles. The van der Waals surface area contributed by atoms with E-state index in [4.69, 9.17) is 10.8 Å². The van der Waals surface area contributed by atoms with Crippen LogP contribution >= 0.6 is 0 Å². The normalized spacial score (nSPS) is 13.7. The Bertz CT molecular complexity index is 839. The van der Waals surface area contributed by atoms with Crippen LogP contribution in [-0.4, -0.2) is 46.1 Å². The largest absolute Gasteiger partial charge is 0.508 e. The standard InChI is InChI=1S/C21H25N3O5/c1-13(21(28)29)23-20(27)18(12-15-7-9-16(25)10-8-15)24-19(26)17(22)11-14-5-3-2-4-6-14/h2-10,13,17-18,25H,11-12,22H2,1H3,(H,23,27)(H,24,26)(H,28,29)/t13-,17-,18-/m0/s1. The molecule has 8 heteroatoms. The van der Waals surface area contributed by atoms with E-state index in [0.717, 1.165) is 5.56 Å². The van der Waals surface area contributed by atoms with Gasteiger partial charge in [-0.05, 0) is 36.6 Å². The first-order valence-corrected chi connectivity index (χ1v) is 9.17. The molecule has 0 saturated heterocycles. The highest BCUT2D eigenvalue weighted by Gasteiger charge is 2.26. The molecule has 154 valence electrons. The lowest BCUT2D eigenvalue weighted by Crippen LogP contribution is -2.55. The zero-order valence-corrected chi connectivity index (χ0v) is 16.0. The summed E-state index contributed by atoms with van der Waals surface area (Å²) in [4.78, 5) is 36.2. The van der Waals surface area contributed by atoms with Crippen molar-refractivity contribution >= 4 is 17.8 Å². The highest BCUT2D eigenvalue weighted by Crippen LogP contribution is 2.12. The fourth-order valence-electron chi connectivity index (χ4n) is 2.69. The maximum Gasteiger partial charge on any atom is 0.325 e. The Morgan fingerprint density at radius 3 is 2.07 bits per heavy atom. The predicted octanol–water partition coefficient (Wildman–Crippen LogP) is 0.579. The van der Waals surface area contributed by atoms with Crippen LogP contribution in [0, 0.1) is 0 Å². The number of amides is 2. The van der Waals surface area contributed by atoms with Crippen LogP contribution in [0.2, 0.25) is 0 Å². The summed E-state index contributed by atoms with van der Waals surface area (Å²) < 4.78 is 0. The van der Waals surface area contributed by atoms with Crippen molar-refractivity contribution < 1.29 is 24.6 Å². The van der Waals surface area contributed by atoms with Crippen molar-refractivity contribution in [1.82, 2.24) is 10.6 Å². The lowest BCUT2D eigenvalue weighted by molar-refractivity contribution is -0.141. The summed E-state index contributed by atoms with van der Waals surface area (Å²) in [5.74, 6) is -2.26. The third-order valence-corrected chi connectivity index (χ3v) is 4.37. The molecule has 0 aliphatic heterocycles. The molecule has 0 unspecified atom stereocenters. The van der Waals surface area contributed by atoms with Gasteiger partial charge >= 0.3 is 5.97 Å². The first-order valence-electron chi connectivity index (χ1n) is 9.17. The molecular formula is C21H25N3O5. The Kier molecular flexibility index (Phi) is 7.73. The average molecular weight is 399 g/mol. The van der Waals surface area contributed by atoms with Gasteiger partial charge in [-0.15, -0.1) is 0 Å². The lowest BCUT2D eigenvalue weighted by Gasteiger charge is -2.22. The molecule has 3 atom stereocenters. The highest BCUT2D eigenvalue weighted by molar-refractivity contribution is 5.92. The lowest BCUT2D eigenvalue weighted by atomic mass is 10.0. The molecular weight excluding hydrogens is 374 g/mol.